The van der Waals surface area contributed by atoms with Crippen molar-refractivity contribution in [3.63, 3.8) is 0 Å². The molecule has 0 atom stereocenters. The molecule has 2 nitrogen and oxygen atoms in total. The van der Waals surface area contributed by atoms with Gasteiger partial charge in [-0.25, -0.2) is 0 Å². The molecule has 3 heteroatoms. The molecule has 0 bridgehead atoms. The largest absolute Gasteiger partial charge is 0.382 e. The maximum Gasteiger partial charge on any atom is 0.0639 e. The first-order chi connectivity index (χ1) is 8.83. The number of rotatable bonds is 6. The van der Waals surface area contributed by atoms with Gasteiger partial charge in [0.25, 0.3) is 0 Å². The molecule has 0 aliphatic rings. The Kier molecular flexibility index (Phi) is 5.02. The van der Waals surface area contributed by atoms with E-state index >= 15 is 0 Å². The molecule has 2 aromatic rings. The van der Waals surface area contributed by atoms with E-state index < -0.39 is 0 Å². The summed E-state index contributed by atoms with van der Waals surface area (Å²) in [6, 6.07) is 12.6. The lowest BCUT2D eigenvalue weighted by Crippen LogP contribution is -2.09. The van der Waals surface area contributed by atoms with Gasteiger partial charge >= 0.3 is 0 Å². The summed E-state index contributed by atoms with van der Waals surface area (Å²) in [6.07, 6.45) is 1.07. The number of ether oxygens (including phenoxy) is 1. The molecule has 96 valence electrons. The van der Waals surface area contributed by atoms with Crippen LogP contribution in [0.5, 0.6) is 0 Å². The van der Waals surface area contributed by atoms with E-state index in [0.29, 0.717) is 0 Å². The third-order valence-corrected chi connectivity index (χ3v) is 3.47. The molecule has 0 saturated carbocycles. The Bertz CT molecular complexity index is 513. The zero-order chi connectivity index (χ0) is 12.8. The summed E-state index contributed by atoms with van der Waals surface area (Å²) < 4.78 is 6.60. The quantitative estimate of drug-likeness (QED) is 0.797. The first kappa shape index (κ1) is 13.4. The highest BCUT2D eigenvalue weighted by molar-refractivity contribution is 9.10. The summed E-state index contributed by atoms with van der Waals surface area (Å²) in [7, 11) is 0. The summed E-state index contributed by atoms with van der Waals surface area (Å²) >= 11 is 3.58. The van der Waals surface area contributed by atoms with Crippen LogP contribution in [0, 0.1) is 0 Å². The molecule has 0 amide bonds. The van der Waals surface area contributed by atoms with Crippen LogP contribution in [0.25, 0.3) is 10.8 Å². The topological polar surface area (TPSA) is 21.3 Å². The number of benzene rings is 2. The van der Waals surface area contributed by atoms with Gasteiger partial charge in [0.1, 0.15) is 0 Å². The van der Waals surface area contributed by atoms with Gasteiger partial charge in [0.15, 0.2) is 0 Å². The predicted molar refractivity (Wildman–Crippen MR) is 81.2 cm³/mol. The number of hydrogen-bond acceptors (Lipinski definition) is 2. The van der Waals surface area contributed by atoms with E-state index in [2.05, 4.69) is 64.6 Å². The minimum absolute atomic E-state index is 0.748. The van der Waals surface area contributed by atoms with Crippen molar-refractivity contribution in [2.75, 3.05) is 25.1 Å². The van der Waals surface area contributed by atoms with Crippen LogP contribution in [0.1, 0.15) is 13.3 Å². The molecule has 0 aromatic heterocycles. The Balaban J connectivity index is 2.07. The lowest BCUT2D eigenvalue weighted by Gasteiger charge is -2.11. The predicted octanol–water partition coefficient (Wildman–Crippen LogP) is 4.44. The van der Waals surface area contributed by atoms with E-state index in [1.54, 1.807) is 0 Å². The van der Waals surface area contributed by atoms with Crippen LogP contribution in [-0.2, 0) is 4.74 Å². The second-order valence-corrected chi connectivity index (χ2v) is 5.03. The summed E-state index contributed by atoms with van der Waals surface area (Å²) in [5.74, 6) is 0. The molecule has 0 aliphatic carbocycles. The highest BCUT2D eigenvalue weighted by atomic mass is 79.9. The maximum atomic E-state index is 5.47. The van der Waals surface area contributed by atoms with Crippen molar-refractivity contribution < 1.29 is 4.74 Å². The fourth-order valence-electron chi connectivity index (χ4n) is 1.92. The lowest BCUT2D eigenvalue weighted by atomic mass is 10.1. The smallest absolute Gasteiger partial charge is 0.0639 e. The molecule has 0 spiro atoms. The van der Waals surface area contributed by atoms with Crippen molar-refractivity contribution in [2.45, 2.75) is 13.3 Å². The van der Waals surface area contributed by atoms with Crippen LogP contribution in [0.4, 0.5) is 5.69 Å². The first-order valence-corrected chi connectivity index (χ1v) is 7.11. The Hall–Kier alpha value is -1.06. The van der Waals surface area contributed by atoms with Gasteiger partial charge in [-0.05, 0) is 23.9 Å². The summed E-state index contributed by atoms with van der Waals surface area (Å²) in [4.78, 5) is 0. The molecule has 0 aliphatic heterocycles. The Morgan fingerprint density at radius 1 is 1.06 bits per heavy atom. The molecule has 2 rings (SSSR count). The first-order valence-electron chi connectivity index (χ1n) is 6.32. The monoisotopic (exact) mass is 307 g/mol. The van der Waals surface area contributed by atoms with Crippen molar-refractivity contribution in [1.82, 2.24) is 0 Å². The van der Waals surface area contributed by atoms with Crippen molar-refractivity contribution in [2.24, 2.45) is 0 Å². The molecule has 2 aromatic carbocycles. The van der Waals surface area contributed by atoms with Gasteiger partial charge in [0.2, 0.25) is 0 Å². The van der Waals surface area contributed by atoms with Gasteiger partial charge in [-0.3, -0.25) is 0 Å². The second kappa shape index (κ2) is 6.76. The van der Waals surface area contributed by atoms with Gasteiger partial charge < -0.3 is 10.1 Å². The van der Waals surface area contributed by atoms with Crippen molar-refractivity contribution >= 4 is 32.4 Å². The zero-order valence-electron chi connectivity index (χ0n) is 10.6. The lowest BCUT2D eigenvalue weighted by molar-refractivity contribution is 0.144. The molecular weight excluding hydrogens is 290 g/mol. The molecular formula is C15H18BrNO. The number of halogens is 1. The number of hydrogen-bond donors (Lipinski definition) is 1. The number of nitrogens with one attached hydrogen (secondary N) is 1. The van der Waals surface area contributed by atoms with Crippen molar-refractivity contribution in [3.8, 4) is 0 Å². The highest BCUT2D eigenvalue weighted by Crippen LogP contribution is 2.29. The van der Waals surface area contributed by atoms with E-state index in [-0.39, 0.29) is 0 Å². The Labute approximate surface area is 116 Å². The minimum Gasteiger partial charge on any atom is -0.382 e. The minimum atomic E-state index is 0.748. The molecule has 18 heavy (non-hydrogen) atoms. The van der Waals surface area contributed by atoms with Crippen molar-refractivity contribution in [3.05, 3.63) is 40.9 Å². The molecule has 0 saturated heterocycles. The molecule has 1 N–H and O–H groups in total. The second-order valence-electron chi connectivity index (χ2n) is 4.18. The fraction of sp³-hybridized carbons (Fsp3) is 0.333. The Morgan fingerprint density at radius 3 is 2.61 bits per heavy atom. The Morgan fingerprint density at radius 2 is 1.83 bits per heavy atom. The van der Waals surface area contributed by atoms with Crippen LogP contribution < -0.4 is 5.32 Å². The van der Waals surface area contributed by atoms with E-state index in [1.165, 1.54) is 10.8 Å². The van der Waals surface area contributed by atoms with Gasteiger partial charge in [-0.15, -0.1) is 0 Å². The molecule has 0 radical (unpaired) electrons. The van der Waals surface area contributed by atoms with Crippen LogP contribution in [-0.4, -0.2) is 19.8 Å². The third kappa shape index (κ3) is 3.24. The van der Waals surface area contributed by atoms with Crippen LogP contribution in [0.2, 0.25) is 0 Å². The summed E-state index contributed by atoms with van der Waals surface area (Å²) in [5, 5.41) is 5.90. The highest BCUT2D eigenvalue weighted by Gasteiger charge is 2.02. The van der Waals surface area contributed by atoms with Gasteiger partial charge in [0, 0.05) is 28.7 Å². The average molecular weight is 308 g/mol. The zero-order valence-corrected chi connectivity index (χ0v) is 12.2. The normalized spacial score (nSPS) is 10.8. The third-order valence-electron chi connectivity index (χ3n) is 2.78. The standard InChI is InChI=1S/C15H18BrNO/c1-2-10-18-11-9-17-15-8-7-14(16)12-5-3-4-6-13(12)15/h3-8,17H,2,9-11H2,1H3. The molecule has 0 heterocycles. The van der Waals surface area contributed by atoms with Gasteiger partial charge in [0.05, 0.1) is 6.61 Å². The molecule has 0 unspecified atom stereocenters. The number of anilines is 1. The van der Waals surface area contributed by atoms with E-state index in [9.17, 15) is 0 Å². The summed E-state index contributed by atoms with van der Waals surface area (Å²) in [5.41, 5.74) is 1.16. The summed E-state index contributed by atoms with van der Waals surface area (Å²) in [6.45, 7) is 4.54. The van der Waals surface area contributed by atoms with Crippen LogP contribution >= 0.6 is 15.9 Å². The maximum absolute atomic E-state index is 5.47. The average Bonchev–Trinajstić information content (AvgIpc) is 2.41. The van der Waals surface area contributed by atoms with Crippen LogP contribution in [0.15, 0.2) is 40.9 Å². The van der Waals surface area contributed by atoms with E-state index in [0.717, 1.165) is 36.3 Å². The fourth-order valence-corrected chi connectivity index (χ4v) is 2.40. The number of fused-ring (bicyclic) bond motifs is 1. The van der Waals surface area contributed by atoms with Crippen LogP contribution in [0.3, 0.4) is 0 Å². The van der Waals surface area contributed by atoms with Crippen molar-refractivity contribution in [1.29, 1.82) is 0 Å². The molecule has 0 fully saturated rings. The van der Waals surface area contributed by atoms with Gasteiger partial charge in [-0.1, -0.05) is 47.1 Å². The van der Waals surface area contributed by atoms with Gasteiger partial charge in [-0.2, -0.15) is 0 Å². The van der Waals surface area contributed by atoms with E-state index in [4.69, 9.17) is 4.74 Å². The SMILES string of the molecule is CCCOCCNc1ccc(Br)c2ccccc12. The van der Waals surface area contributed by atoms with E-state index in [1.807, 2.05) is 0 Å².